The highest BCUT2D eigenvalue weighted by atomic mass is 16.5. The minimum absolute atomic E-state index is 0.230. The summed E-state index contributed by atoms with van der Waals surface area (Å²) in [6, 6.07) is 9.85. The lowest BCUT2D eigenvalue weighted by atomic mass is 10.1. The Labute approximate surface area is 141 Å². The molecule has 3 rings (SSSR count). The van der Waals surface area contributed by atoms with Crippen LogP contribution < -0.4 is 4.74 Å². The van der Waals surface area contributed by atoms with Crippen molar-refractivity contribution >= 4 is 0 Å². The Morgan fingerprint density at radius 3 is 2.67 bits per heavy atom. The molecule has 5 heteroatoms. The smallest absolute Gasteiger partial charge is 0.141 e. The van der Waals surface area contributed by atoms with Crippen LogP contribution in [0.25, 0.3) is 11.4 Å². The maximum absolute atomic E-state index is 10.3. The van der Waals surface area contributed by atoms with Crippen LogP contribution >= 0.6 is 0 Å². The van der Waals surface area contributed by atoms with E-state index in [2.05, 4.69) is 16.0 Å². The van der Waals surface area contributed by atoms with Crippen LogP contribution in [0.5, 0.6) is 5.75 Å². The van der Waals surface area contributed by atoms with Gasteiger partial charge in [0.1, 0.15) is 24.3 Å². The van der Waals surface area contributed by atoms with Crippen molar-refractivity contribution in [3.8, 4) is 17.1 Å². The van der Waals surface area contributed by atoms with Gasteiger partial charge < -0.3 is 14.4 Å². The Morgan fingerprint density at radius 1 is 1.17 bits per heavy atom. The second kappa shape index (κ2) is 7.27. The molecule has 2 aromatic heterocycles. The minimum Gasteiger partial charge on any atom is -0.491 e. The summed E-state index contributed by atoms with van der Waals surface area (Å²) in [5, 5.41) is 10.3. The van der Waals surface area contributed by atoms with Gasteiger partial charge >= 0.3 is 0 Å². The molecule has 0 bridgehead atoms. The zero-order valence-electron chi connectivity index (χ0n) is 13.9. The van der Waals surface area contributed by atoms with Crippen molar-refractivity contribution in [1.29, 1.82) is 0 Å². The highest BCUT2D eigenvalue weighted by molar-refractivity contribution is 5.53. The summed E-state index contributed by atoms with van der Waals surface area (Å²) in [4.78, 5) is 8.46. The van der Waals surface area contributed by atoms with Gasteiger partial charge in [-0.3, -0.25) is 4.98 Å². The third-order valence-electron chi connectivity index (χ3n) is 3.68. The summed E-state index contributed by atoms with van der Waals surface area (Å²) in [5.41, 5.74) is 3.21. The Bertz CT molecular complexity index is 779. The SMILES string of the molecule is Cc1cc(C)cc(OCC(O)Cn2ccnc2-c2cccnc2)c1. The first kappa shape index (κ1) is 16.2. The highest BCUT2D eigenvalue weighted by Gasteiger charge is 2.11. The van der Waals surface area contributed by atoms with Gasteiger partial charge in [0, 0.05) is 30.4 Å². The Balaban J connectivity index is 1.63. The fourth-order valence-electron chi connectivity index (χ4n) is 2.70. The van der Waals surface area contributed by atoms with Gasteiger partial charge in [0.25, 0.3) is 0 Å². The average molecular weight is 323 g/mol. The van der Waals surface area contributed by atoms with E-state index in [9.17, 15) is 5.11 Å². The maximum atomic E-state index is 10.3. The van der Waals surface area contributed by atoms with Crippen LogP contribution in [0.1, 0.15) is 11.1 Å². The number of benzene rings is 1. The van der Waals surface area contributed by atoms with Crippen LogP contribution in [-0.2, 0) is 6.54 Å². The summed E-state index contributed by atoms with van der Waals surface area (Å²) in [6.07, 6.45) is 6.43. The van der Waals surface area contributed by atoms with Crippen molar-refractivity contribution in [2.24, 2.45) is 0 Å². The normalized spacial score (nSPS) is 12.1. The number of aliphatic hydroxyl groups excluding tert-OH is 1. The van der Waals surface area contributed by atoms with Gasteiger partial charge in [0.2, 0.25) is 0 Å². The van der Waals surface area contributed by atoms with Crippen LogP contribution in [0.3, 0.4) is 0 Å². The van der Waals surface area contributed by atoms with Gasteiger partial charge in [-0.2, -0.15) is 0 Å². The number of aliphatic hydroxyl groups is 1. The zero-order valence-corrected chi connectivity index (χ0v) is 13.9. The second-order valence-electron chi connectivity index (χ2n) is 5.93. The highest BCUT2D eigenvalue weighted by Crippen LogP contribution is 2.18. The van der Waals surface area contributed by atoms with Gasteiger partial charge in [0.05, 0.1) is 6.54 Å². The number of imidazole rings is 1. The quantitative estimate of drug-likeness (QED) is 0.757. The molecule has 1 unspecified atom stereocenters. The maximum Gasteiger partial charge on any atom is 0.141 e. The molecule has 1 aromatic carbocycles. The van der Waals surface area contributed by atoms with Crippen LogP contribution in [0.2, 0.25) is 0 Å². The number of pyridine rings is 1. The predicted octanol–water partition coefficient (Wildman–Crippen LogP) is 3.00. The molecule has 0 spiro atoms. The van der Waals surface area contributed by atoms with E-state index in [-0.39, 0.29) is 6.61 Å². The van der Waals surface area contributed by atoms with Crippen molar-refractivity contribution in [2.45, 2.75) is 26.5 Å². The van der Waals surface area contributed by atoms with Crippen LogP contribution in [-0.4, -0.2) is 32.4 Å². The molecule has 0 saturated carbocycles. The number of aryl methyl sites for hydroxylation is 2. The van der Waals surface area contributed by atoms with Crippen LogP contribution in [0.15, 0.2) is 55.1 Å². The topological polar surface area (TPSA) is 60.2 Å². The van der Waals surface area contributed by atoms with E-state index in [1.54, 1.807) is 18.6 Å². The van der Waals surface area contributed by atoms with E-state index < -0.39 is 6.10 Å². The van der Waals surface area contributed by atoms with Gasteiger partial charge in [-0.15, -0.1) is 0 Å². The third kappa shape index (κ3) is 4.00. The lowest BCUT2D eigenvalue weighted by molar-refractivity contribution is 0.0928. The van der Waals surface area contributed by atoms with Crippen LogP contribution in [0.4, 0.5) is 0 Å². The molecule has 2 heterocycles. The lowest BCUT2D eigenvalue weighted by Crippen LogP contribution is -2.23. The summed E-state index contributed by atoms with van der Waals surface area (Å²) in [6.45, 7) is 4.70. The third-order valence-corrected chi connectivity index (χ3v) is 3.68. The van der Waals surface area contributed by atoms with E-state index in [0.717, 1.165) is 28.3 Å². The number of hydrogen-bond donors (Lipinski definition) is 1. The molecular weight excluding hydrogens is 302 g/mol. The first-order valence-electron chi connectivity index (χ1n) is 7.92. The van der Waals surface area contributed by atoms with E-state index in [1.165, 1.54) is 0 Å². The molecule has 1 N–H and O–H groups in total. The molecule has 24 heavy (non-hydrogen) atoms. The van der Waals surface area contributed by atoms with Gasteiger partial charge in [0.15, 0.2) is 0 Å². The zero-order chi connectivity index (χ0) is 16.9. The Morgan fingerprint density at radius 2 is 1.96 bits per heavy atom. The Kier molecular flexibility index (Phi) is 4.91. The van der Waals surface area contributed by atoms with Crippen molar-refractivity contribution in [2.75, 3.05) is 6.61 Å². The molecule has 5 nitrogen and oxygen atoms in total. The number of nitrogens with zero attached hydrogens (tertiary/aromatic N) is 3. The molecule has 0 aliphatic rings. The summed E-state index contributed by atoms with van der Waals surface area (Å²) in [5.74, 6) is 1.57. The fourth-order valence-corrected chi connectivity index (χ4v) is 2.70. The van der Waals surface area contributed by atoms with E-state index in [1.807, 2.05) is 48.9 Å². The number of rotatable bonds is 6. The van der Waals surface area contributed by atoms with Crippen LogP contribution in [0, 0.1) is 13.8 Å². The monoisotopic (exact) mass is 323 g/mol. The standard InChI is InChI=1S/C19H21N3O2/c1-14-8-15(2)10-18(9-14)24-13-17(23)12-22-7-6-21-19(22)16-4-3-5-20-11-16/h3-11,17,23H,12-13H2,1-2H3. The van der Waals surface area contributed by atoms with E-state index in [0.29, 0.717) is 6.54 Å². The van der Waals surface area contributed by atoms with Gasteiger partial charge in [-0.05, 0) is 49.2 Å². The van der Waals surface area contributed by atoms with Crippen molar-refractivity contribution in [3.63, 3.8) is 0 Å². The number of aromatic nitrogens is 3. The predicted molar refractivity (Wildman–Crippen MR) is 92.9 cm³/mol. The summed E-state index contributed by atoms with van der Waals surface area (Å²) in [7, 11) is 0. The molecule has 0 amide bonds. The lowest BCUT2D eigenvalue weighted by Gasteiger charge is -2.15. The molecule has 124 valence electrons. The van der Waals surface area contributed by atoms with E-state index in [4.69, 9.17) is 4.74 Å². The molecule has 0 radical (unpaired) electrons. The van der Waals surface area contributed by atoms with Crippen molar-refractivity contribution < 1.29 is 9.84 Å². The molecule has 0 fully saturated rings. The second-order valence-corrected chi connectivity index (χ2v) is 5.93. The van der Waals surface area contributed by atoms with Crippen molar-refractivity contribution in [1.82, 2.24) is 14.5 Å². The fraction of sp³-hybridized carbons (Fsp3) is 0.263. The Hall–Kier alpha value is -2.66. The van der Waals surface area contributed by atoms with E-state index >= 15 is 0 Å². The molecular formula is C19H21N3O2. The minimum atomic E-state index is -0.629. The van der Waals surface area contributed by atoms with Gasteiger partial charge in [-0.25, -0.2) is 4.98 Å². The number of hydrogen-bond acceptors (Lipinski definition) is 4. The summed E-state index contributed by atoms with van der Waals surface area (Å²) >= 11 is 0. The first-order valence-corrected chi connectivity index (χ1v) is 7.92. The number of ether oxygens (including phenoxy) is 1. The molecule has 0 aliphatic heterocycles. The first-order chi connectivity index (χ1) is 11.6. The molecule has 1 atom stereocenters. The molecule has 0 saturated heterocycles. The molecule has 3 aromatic rings. The average Bonchev–Trinajstić information content (AvgIpc) is 3.01. The molecule has 0 aliphatic carbocycles. The largest absolute Gasteiger partial charge is 0.491 e. The summed E-state index contributed by atoms with van der Waals surface area (Å²) < 4.78 is 7.64. The van der Waals surface area contributed by atoms with Gasteiger partial charge in [-0.1, -0.05) is 6.07 Å². The van der Waals surface area contributed by atoms with Crippen molar-refractivity contribution in [3.05, 3.63) is 66.2 Å².